The molecule has 248 valence electrons. The maximum Gasteiger partial charge on any atom is 0.0546 e. The second-order valence-corrected chi connectivity index (χ2v) is 15.6. The van der Waals surface area contributed by atoms with Gasteiger partial charge in [0.1, 0.15) is 0 Å². The highest BCUT2D eigenvalue weighted by Crippen LogP contribution is 2.52. The Balaban J connectivity index is 1.13. The predicted octanol–water partition coefficient (Wildman–Crippen LogP) is 13.8. The number of fused-ring (bicyclic) bond motifs is 7. The van der Waals surface area contributed by atoms with Crippen LogP contribution in [0.2, 0.25) is 0 Å². The van der Waals surface area contributed by atoms with E-state index in [1.54, 1.807) is 11.1 Å². The fourth-order valence-electron chi connectivity index (χ4n) is 9.88. The summed E-state index contributed by atoms with van der Waals surface area (Å²) in [6.45, 7) is 4.75. The smallest absolute Gasteiger partial charge is 0.0546 e. The maximum atomic E-state index is 2.50. The van der Waals surface area contributed by atoms with Gasteiger partial charge in [0.25, 0.3) is 0 Å². The molecule has 0 amide bonds. The number of rotatable bonds is 5. The van der Waals surface area contributed by atoms with Crippen LogP contribution in [0, 0.1) is 5.92 Å². The summed E-state index contributed by atoms with van der Waals surface area (Å²) in [7, 11) is 0. The van der Waals surface area contributed by atoms with E-state index in [-0.39, 0.29) is 5.41 Å². The summed E-state index contributed by atoms with van der Waals surface area (Å²) < 4.78 is 0. The van der Waals surface area contributed by atoms with Gasteiger partial charge >= 0.3 is 0 Å². The van der Waals surface area contributed by atoms with Crippen LogP contribution in [0.3, 0.4) is 0 Å². The van der Waals surface area contributed by atoms with Crippen molar-refractivity contribution in [3.05, 3.63) is 174 Å². The largest absolute Gasteiger partial charge is 0.310 e. The molecule has 0 radical (unpaired) electrons. The molecule has 0 spiro atoms. The molecule has 2 unspecified atom stereocenters. The normalized spacial score (nSPS) is 18.2. The van der Waals surface area contributed by atoms with Gasteiger partial charge in [-0.1, -0.05) is 148 Å². The molecule has 7 aromatic carbocycles. The van der Waals surface area contributed by atoms with Crippen LogP contribution < -0.4 is 4.90 Å². The van der Waals surface area contributed by atoms with E-state index in [4.69, 9.17) is 0 Å². The van der Waals surface area contributed by atoms with Crippen LogP contribution in [0.5, 0.6) is 0 Å². The Morgan fingerprint density at radius 1 is 0.549 bits per heavy atom. The van der Waals surface area contributed by atoms with Crippen molar-refractivity contribution in [3.8, 4) is 33.4 Å². The van der Waals surface area contributed by atoms with E-state index in [0.29, 0.717) is 0 Å². The molecule has 0 aliphatic heterocycles. The van der Waals surface area contributed by atoms with Gasteiger partial charge in [0.15, 0.2) is 0 Å². The third kappa shape index (κ3) is 4.89. The lowest BCUT2D eigenvalue weighted by Crippen LogP contribution is -2.17. The van der Waals surface area contributed by atoms with Crippen molar-refractivity contribution >= 4 is 27.8 Å². The lowest BCUT2D eigenvalue weighted by molar-refractivity contribution is 0.330. The summed E-state index contributed by atoms with van der Waals surface area (Å²) in [5, 5.41) is 2.51. The fourth-order valence-corrected chi connectivity index (χ4v) is 9.88. The molecule has 1 heteroatoms. The molecule has 1 nitrogen and oxygen atoms in total. The van der Waals surface area contributed by atoms with E-state index in [2.05, 4.69) is 170 Å². The molecule has 3 aliphatic carbocycles. The van der Waals surface area contributed by atoms with Crippen molar-refractivity contribution in [2.45, 2.75) is 57.3 Å². The quantitative estimate of drug-likeness (QED) is 0.178. The van der Waals surface area contributed by atoms with Crippen LogP contribution in [0.1, 0.15) is 67.7 Å². The average Bonchev–Trinajstić information content (AvgIpc) is 3.67. The molecular formula is C50H43N. The van der Waals surface area contributed by atoms with Gasteiger partial charge in [0, 0.05) is 22.4 Å². The minimum atomic E-state index is -0.0891. The van der Waals surface area contributed by atoms with E-state index >= 15 is 0 Å². The van der Waals surface area contributed by atoms with E-state index < -0.39 is 0 Å². The van der Waals surface area contributed by atoms with Gasteiger partial charge in [0.05, 0.1) is 5.69 Å². The minimum Gasteiger partial charge on any atom is -0.310 e. The predicted molar refractivity (Wildman–Crippen MR) is 215 cm³/mol. The van der Waals surface area contributed by atoms with E-state index in [9.17, 15) is 0 Å². The summed E-state index contributed by atoms with van der Waals surface area (Å²) in [5.74, 6) is 1.63. The van der Waals surface area contributed by atoms with Gasteiger partial charge in [-0.3, -0.25) is 0 Å². The van der Waals surface area contributed by atoms with Crippen molar-refractivity contribution in [2.24, 2.45) is 5.92 Å². The third-order valence-corrected chi connectivity index (χ3v) is 12.4. The molecule has 7 aromatic rings. The molecule has 51 heavy (non-hydrogen) atoms. The second-order valence-electron chi connectivity index (χ2n) is 15.6. The van der Waals surface area contributed by atoms with Crippen LogP contribution in [0.25, 0.3) is 44.2 Å². The first-order valence-electron chi connectivity index (χ1n) is 18.9. The highest BCUT2D eigenvalue weighted by Gasteiger charge is 2.36. The Labute approximate surface area is 302 Å². The second kappa shape index (κ2) is 11.8. The van der Waals surface area contributed by atoms with Crippen molar-refractivity contribution in [3.63, 3.8) is 0 Å². The Morgan fingerprint density at radius 2 is 1.27 bits per heavy atom. The molecule has 2 atom stereocenters. The maximum absolute atomic E-state index is 2.50. The summed E-state index contributed by atoms with van der Waals surface area (Å²) in [6.07, 6.45) is 6.80. The van der Waals surface area contributed by atoms with E-state index in [1.807, 2.05) is 0 Å². The van der Waals surface area contributed by atoms with Crippen LogP contribution in [-0.2, 0) is 11.8 Å². The van der Waals surface area contributed by atoms with Crippen LogP contribution >= 0.6 is 0 Å². The van der Waals surface area contributed by atoms with Crippen LogP contribution in [0.4, 0.5) is 17.1 Å². The Hall–Kier alpha value is -5.40. The summed E-state index contributed by atoms with van der Waals surface area (Å²) in [6, 6.07) is 57.0. The zero-order chi connectivity index (χ0) is 34.1. The molecule has 0 heterocycles. The number of benzene rings is 7. The lowest BCUT2D eigenvalue weighted by Gasteiger charge is -2.30. The first-order chi connectivity index (χ1) is 25.0. The topological polar surface area (TPSA) is 3.24 Å². The molecule has 0 saturated heterocycles. The fraction of sp³-hybridized carbons (Fsp3) is 0.200. The van der Waals surface area contributed by atoms with Crippen molar-refractivity contribution in [1.82, 2.24) is 0 Å². The van der Waals surface area contributed by atoms with Gasteiger partial charge in [-0.15, -0.1) is 0 Å². The minimum absolute atomic E-state index is 0.0891. The first kappa shape index (κ1) is 30.4. The third-order valence-electron chi connectivity index (χ3n) is 12.4. The molecule has 0 aromatic heterocycles. The van der Waals surface area contributed by atoms with Crippen LogP contribution in [-0.4, -0.2) is 0 Å². The summed E-state index contributed by atoms with van der Waals surface area (Å²) in [5.41, 5.74) is 17.2. The van der Waals surface area contributed by atoms with Crippen LogP contribution in [0.15, 0.2) is 152 Å². The highest BCUT2D eigenvalue weighted by molar-refractivity contribution is 6.05. The van der Waals surface area contributed by atoms with E-state index in [0.717, 1.165) is 17.5 Å². The van der Waals surface area contributed by atoms with Gasteiger partial charge in [0.2, 0.25) is 0 Å². The highest BCUT2D eigenvalue weighted by atomic mass is 15.1. The number of hydrogen-bond donors (Lipinski definition) is 0. The van der Waals surface area contributed by atoms with E-state index in [1.165, 1.54) is 98.8 Å². The van der Waals surface area contributed by atoms with Crippen molar-refractivity contribution < 1.29 is 0 Å². The Kier molecular flexibility index (Phi) is 7.07. The first-order valence-corrected chi connectivity index (χ1v) is 18.9. The standard InChI is InChI=1S/C50H43N/c1-50(2)46-19-11-10-18-44(46)45-28-26-40(32-47(45)50)51(48-29-23-34-12-6-9-17-43(34)49(48)35-13-4-3-5-14-35)39-24-20-33(21-25-39)36-22-27-42-38(30-36)31-37-15-7-8-16-41(37)42/h3-6,9-14,17-30,32,37,41H,7-8,15-16,31H2,1-2H3. The molecule has 1 fully saturated rings. The number of nitrogens with zero attached hydrogens (tertiary/aromatic N) is 1. The zero-order valence-electron chi connectivity index (χ0n) is 29.6. The molecule has 0 bridgehead atoms. The number of hydrogen-bond acceptors (Lipinski definition) is 1. The summed E-state index contributed by atoms with van der Waals surface area (Å²) in [4.78, 5) is 2.49. The van der Waals surface area contributed by atoms with Crippen molar-refractivity contribution in [1.29, 1.82) is 0 Å². The Bertz CT molecular complexity index is 2430. The SMILES string of the molecule is CC1(C)c2ccccc2-c2ccc(N(c3ccc(-c4ccc5c(c4)CC4CCCCC54)cc3)c3ccc4ccccc4c3-c3ccccc3)cc21. The molecular weight excluding hydrogens is 615 g/mol. The monoisotopic (exact) mass is 657 g/mol. The molecule has 1 saturated carbocycles. The summed E-state index contributed by atoms with van der Waals surface area (Å²) >= 11 is 0. The lowest BCUT2D eigenvalue weighted by atomic mass is 9.80. The zero-order valence-corrected chi connectivity index (χ0v) is 29.6. The van der Waals surface area contributed by atoms with Gasteiger partial charge in [-0.05, 0) is 122 Å². The van der Waals surface area contributed by atoms with Gasteiger partial charge in [-0.2, -0.15) is 0 Å². The average molecular weight is 658 g/mol. The molecule has 10 rings (SSSR count). The van der Waals surface area contributed by atoms with Gasteiger partial charge < -0.3 is 4.90 Å². The molecule has 0 N–H and O–H groups in total. The Morgan fingerprint density at radius 3 is 2.16 bits per heavy atom. The number of anilines is 3. The molecule has 3 aliphatic rings. The van der Waals surface area contributed by atoms with Gasteiger partial charge in [-0.25, -0.2) is 0 Å². The van der Waals surface area contributed by atoms with Crippen molar-refractivity contribution in [2.75, 3.05) is 4.90 Å².